The van der Waals surface area contributed by atoms with Gasteiger partial charge in [0.2, 0.25) is 0 Å². The molecule has 1 aliphatic heterocycles. The van der Waals surface area contributed by atoms with E-state index >= 15 is 0 Å². The van der Waals surface area contributed by atoms with Crippen LogP contribution >= 0.6 is 0 Å². The number of nitrogens with zero attached hydrogens (tertiary/aromatic N) is 5. The fourth-order valence-electron chi connectivity index (χ4n) is 3.82. The standard InChI is InChI=1S/C21H31N5O2/c1-6-18-13-25(9-10-26(18)15(2)3)21(27)17-7-8-20(22-12-17)24(5)14-19-11-16(4)23-28-19/h7-8,11-12,15,18H,6,9-10,13-14H2,1-5H3. The molecule has 7 heteroatoms. The Bertz CT molecular complexity index is 786. The Labute approximate surface area is 167 Å². The summed E-state index contributed by atoms with van der Waals surface area (Å²) in [5.41, 5.74) is 1.50. The molecule has 0 bridgehead atoms. The molecule has 1 aliphatic rings. The molecule has 0 spiro atoms. The smallest absolute Gasteiger partial charge is 0.255 e. The fourth-order valence-corrected chi connectivity index (χ4v) is 3.82. The molecule has 2 aromatic rings. The third-order valence-electron chi connectivity index (χ3n) is 5.41. The molecule has 0 saturated carbocycles. The van der Waals surface area contributed by atoms with E-state index in [4.69, 9.17) is 4.52 Å². The summed E-state index contributed by atoms with van der Waals surface area (Å²) < 4.78 is 5.26. The summed E-state index contributed by atoms with van der Waals surface area (Å²) in [4.78, 5) is 23.9. The van der Waals surface area contributed by atoms with Crippen LogP contribution in [-0.2, 0) is 6.54 Å². The molecule has 1 fully saturated rings. The largest absolute Gasteiger partial charge is 0.359 e. The monoisotopic (exact) mass is 385 g/mol. The summed E-state index contributed by atoms with van der Waals surface area (Å²) in [6.07, 6.45) is 2.72. The molecule has 1 atom stereocenters. The maximum atomic E-state index is 12.9. The van der Waals surface area contributed by atoms with Crippen molar-refractivity contribution in [1.29, 1.82) is 0 Å². The van der Waals surface area contributed by atoms with Gasteiger partial charge in [-0.05, 0) is 39.3 Å². The van der Waals surface area contributed by atoms with E-state index in [-0.39, 0.29) is 5.91 Å². The van der Waals surface area contributed by atoms with Gasteiger partial charge in [0.1, 0.15) is 5.82 Å². The quantitative estimate of drug-likeness (QED) is 0.762. The first-order valence-corrected chi connectivity index (χ1v) is 10.0. The fraction of sp³-hybridized carbons (Fsp3) is 0.571. The molecule has 152 valence electrons. The van der Waals surface area contributed by atoms with Crippen LogP contribution in [0.25, 0.3) is 0 Å². The molecule has 0 N–H and O–H groups in total. The van der Waals surface area contributed by atoms with Crippen LogP contribution < -0.4 is 4.90 Å². The number of amides is 1. The van der Waals surface area contributed by atoms with Gasteiger partial charge in [0, 0.05) is 51.0 Å². The van der Waals surface area contributed by atoms with Crippen LogP contribution in [-0.4, -0.2) is 64.6 Å². The van der Waals surface area contributed by atoms with Gasteiger partial charge < -0.3 is 14.3 Å². The molecule has 7 nitrogen and oxygen atoms in total. The van der Waals surface area contributed by atoms with Crippen LogP contribution in [0.5, 0.6) is 0 Å². The lowest BCUT2D eigenvalue weighted by molar-refractivity contribution is 0.0371. The van der Waals surface area contributed by atoms with E-state index in [0.717, 1.165) is 43.3 Å². The first-order chi connectivity index (χ1) is 13.4. The van der Waals surface area contributed by atoms with Crippen molar-refractivity contribution in [2.75, 3.05) is 31.6 Å². The van der Waals surface area contributed by atoms with Crippen molar-refractivity contribution in [3.63, 3.8) is 0 Å². The summed E-state index contributed by atoms with van der Waals surface area (Å²) in [5.74, 6) is 1.65. The van der Waals surface area contributed by atoms with E-state index in [0.29, 0.717) is 24.2 Å². The molecule has 0 radical (unpaired) electrons. The third-order valence-corrected chi connectivity index (χ3v) is 5.41. The molecule has 2 aromatic heterocycles. The van der Waals surface area contributed by atoms with E-state index in [1.54, 1.807) is 6.20 Å². The third kappa shape index (κ3) is 4.52. The van der Waals surface area contributed by atoms with Crippen molar-refractivity contribution in [2.24, 2.45) is 0 Å². The van der Waals surface area contributed by atoms with Crippen LogP contribution in [0.1, 0.15) is 49.0 Å². The first kappa shape index (κ1) is 20.3. The number of piperazine rings is 1. The summed E-state index contributed by atoms with van der Waals surface area (Å²) in [7, 11) is 1.94. The van der Waals surface area contributed by atoms with Gasteiger partial charge in [0.15, 0.2) is 5.76 Å². The highest BCUT2D eigenvalue weighted by atomic mass is 16.5. The maximum Gasteiger partial charge on any atom is 0.255 e. The number of aryl methyl sites for hydroxylation is 1. The number of aromatic nitrogens is 2. The number of carbonyl (C=O) groups is 1. The van der Waals surface area contributed by atoms with E-state index in [1.807, 2.05) is 42.0 Å². The van der Waals surface area contributed by atoms with E-state index in [1.165, 1.54) is 0 Å². The Morgan fingerprint density at radius 3 is 2.71 bits per heavy atom. The average molecular weight is 386 g/mol. The van der Waals surface area contributed by atoms with Gasteiger partial charge in [-0.1, -0.05) is 12.1 Å². The lowest BCUT2D eigenvalue weighted by Gasteiger charge is -2.43. The lowest BCUT2D eigenvalue weighted by atomic mass is 10.1. The Balaban J connectivity index is 1.63. The van der Waals surface area contributed by atoms with Gasteiger partial charge in [-0.25, -0.2) is 4.98 Å². The Hall–Kier alpha value is -2.41. The molecular formula is C21H31N5O2. The number of pyridine rings is 1. The normalized spacial score (nSPS) is 17.9. The summed E-state index contributed by atoms with van der Waals surface area (Å²) in [6.45, 7) is 11.6. The summed E-state index contributed by atoms with van der Waals surface area (Å²) in [5, 5.41) is 3.91. The predicted octanol–water partition coefficient (Wildman–Crippen LogP) is 2.96. The number of hydrogen-bond donors (Lipinski definition) is 0. The predicted molar refractivity (Wildman–Crippen MR) is 109 cm³/mol. The number of hydrogen-bond acceptors (Lipinski definition) is 6. The summed E-state index contributed by atoms with van der Waals surface area (Å²) >= 11 is 0. The van der Waals surface area contributed by atoms with Crippen molar-refractivity contribution in [2.45, 2.75) is 52.7 Å². The van der Waals surface area contributed by atoms with Gasteiger partial charge in [-0.2, -0.15) is 0 Å². The van der Waals surface area contributed by atoms with Crippen molar-refractivity contribution in [3.05, 3.63) is 41.4 Å². The van der Waals surface area contributed by atoms with Crippen LogP contribution in [0.4, 0.5) is 5.82 Å². The van der Waals surface area contributed by atoms with Crippen LogP contribution in [0.3, 0.4) is 0 Å². The summed E-state index contributed by atoms with van der Waals surface area (Å²) in [6, 6.07) is 6.59. The highest BCUT2D eigenvalue weighted by Gasteiger charge is 2.30. The molecule has 0 aromatic carbocycles. The van der Waals surface area contributed by atoms with Crippen molar-refractivity contribution in [3.8, 4) is 0 Å². The minimum atomic E-state index is 0.0643. The zero-order valence-electron chi connectivity index (χ0n) is 17.6. The second-order valence-corrected chi connectivity index (χ2v) is 7.84. The van der Waals surface area contributed by atoms with Gasteiger partial charge >= 0.3 is 0 Å². The van der Waals surface area contributed by atoms with E-state index in [9.17, 15) is 4.79 Å². The molecule has 0 aliphatic carbocycles. The second-order valence-electron chi connectivity index (χ2n) is 7.84. The molecule has 3 rings (SSSR count). The van der Waals surface area contributed by atoms with E-state index < -0.39 is 0 Å². The highest BCUT2D eigenvalue weighted by molar-refractivity contribution is 5.94. The average Bonchev–Trinajstić information content (AvgIpc) is 3.11. The van der Waals surface area contributed by atoms with Crippen LogP contribution in [0, 0.1) is 6.92 Å². The maximum absolute atomic E-state index is 12.9. The molecule has 3 heterocycles. The van der Waals surface area contributed by atoms with Crippen molar-refractivity contribution >= 4 is 11.7 Å². The zero-order valence-corrected chi connectivity index (χ0v) is 17.6. The van der Waals surface area contributed by atoms with Crippen LogP contribution in [0.15, 0.2) is 28.9 Å². The van der Waals surface area contributed by atoms with Gasteiger partial charge in [-0.15, -0.1) is 0 Å². The topological polar surface area (TPSA) is 65.7 Å². The zero-order chi connectivity index (χ0) is 20.3. The minimum Gasteiger partial charge on any atom is -0.359 e. The highest BCUT2D eigenvalue weighted by Crippen LogP contribution is 2.19. The van der Waals surface area contributed by atoms with Crippen LogP contribution in [0.2, 0.25) is 0 Å². The Kier molecular flexibility index (Phi) is 6.34. The first-order valence-electron chi connectivity index (χ1n) is 10.0. The Morgan fingerprint density at radius 1 is 1.36 bits per heavy atom. The van der Waals surface area contributed by atoms with Gasteiger partial charge in [0.05, 0.1) is 17.8 Å². The molecular weight excluding hydrogens is 354 g/mol. The number of rotatable bonds is 6. The lowest BCUT2D eigenvalue weighted by Crippen LogP contribution is -2.56. The minimum absolute atomic E-state index is 0.0643. The van der Waals surface area contributed by atoms with Gasteiger partial charge in [-0.3, -0.25) is 9.69 Å². The molecule has 1 saturated heterocycles. The molecule has 1 amide bonds. The SMILES string of the molecule is CCC1CN(C(=O)c2ccc(N(C)Cc3cc(C)no3)nc2)CCN1C(C)C. The number of anilines is 1. The number of carbonyl (C=O) groups excluding carboxylic acids is 1. The van der Waals surface area contributed by atoms with E-state index in [2.05, 4.69) is 35.8 Å². The Morgan fingerprint density at radius 2 is 2.14 bits per heavy atom. The second kappa shape index (κ2) is 8.73. The van der Waals surface area contributed by atoms with Crippen molar-refractivity contribution in [1.82, 2.24) is 19.9 Å². The van der Waals surface area contributed by atoms with Gasteiger partial charge in [0.25, 0.3) is 5.91 Å². The molecule has 28 heavy (non-hydrogen) atoms. The van der Waals surface area contributed by atoms with Crippen molar-refractivity contribution < 1.29 is 9.32 Å². The molecule has 1 unspecified atom stereocenters.